The number of hydrogen-bond donors (Lipinski definition) is 1. The minimum Gasteiger partial charge on any atom is -0.491 e. The second-order valence-corrected chi connectivity index (χ2v) is 1.39. The Morgan fingerprint density at radius 1 is 1.78 bits per heavy atom. The van der Waals surface area contributed by atoms with Gasteiger partial charge < -0.3 is 10.5 Å². The number of rotatable bonds is 3. The van der Waals surface area contributed by atoms with Crippen LogP contribution in [-0.2, 0) is 4.74 Å². The molecule has 0 spiro atoms. The maximum Gasteiger partial charge on any atom is 0.152 e. The molecule has 0 aliphatic rings. The van der Waals surface area contributed by atoms with Crippen LogP contribution in [0.1, 0.15) is 6.92 Å². The lowest BCUT2D eigenvalue weighted by molar-refractivity contribution is 0.250. The summed E-state index contributed by atoms with van der Waals surface area (Å²) < 4.78 is 5.02. The van der Waals surface area contributed by atoms with Crippen LogP contribution in [0, 0.1) is 0 Å². The Kier molecular flexibility index (Phi) is 4.59. The van der Waals surface area contributed by atoms with Gasteiger partial charge in [0.2, 0.25) is 0 Å². The van der Waals surface area contributed by atoms with Crippen molar-refractivity contribution in [3.63, 3.8) is 0 Å². The van der Waals surface area contributed by atoms with Crippen LogP contribution in [0.4, 0.5) is 0 Å². The Morgan fingerprint density at radius 3 is 2.78 bits per heavy atom. The average Bonchev–Trinajstić information content (AvgIpc) is 1.88. The maximum atomic E-state index is 5.17. The van der Waals surface area contributed by atoms with E-state index in [1.807, 2.05) is 6.92 Å². The third-order valence-electron chi connectivity index (χ3n) is 0.732. The zero-order chi connectivity index (χ0) is 7.11. The van der Waals surface area contributed by atoms with Crippen LogP contribution < -0.4 is 5.73 Å². The molecule has 0 atom stereocenters. The summed E-state index contributed by atoms with van der Waals surface area (Å²) in [4.78, 5) is 3.73. The number of nitrogens with two attached hydrogens (primary N) is 1. The summed E-state index contributed by atoms with van der Waals surface area (Å²) in [7, 11) is 1.67. The predicted molar refractivity (Wildman–Crippen MR) is 38.3 cm³/mol. The van der Waals surface area contributed by atoms with Crippen LogP contribution in [0.5, 0.6) is 0 Å². The van der Waals surface area contributed by atoms with Gasteiger partial charge in [-0.3, -0.25) is 4.99 Å². The number of hydrogen-bond acceptors (Lipinski definition) is 3. The van der Waals surface area contributed by atoms with Crippen molar-refractivity contribution in [3.05, 3.63) is 12.0 Å². The van der Waals surface area contributed by atoms with E-state index in [1.165, 1.54) is 6.20 Å². The molecule has 9 heavy (non-hydrogen) atoms. The van der Waals surface area contributed by atoms with E-state index < -0.39 is 0 Å². The van der Waals surface area contributed by atoms with E-state index >= 15 is 0 Å². The molecule has 0 heterocycles. The van der Waals surface area contributed by atoms with Crippen molar-refractivity contribution in [1.29, 1.82) is 0 Å². The number of allylic oxidation sites excluding steroid dienone is 1. The smallest absolute Gasteiger partial charge is 0.152 e. The Hall–Kier alpha value is -0.990. The van der Waals surface area contributed by atoms with E-state index in [0.717, 1.165) is 0 Å². The molecule has 0 aliphatic carbocycles. The fourth-order valence-electron chi connectivity index (χ4n) is 0.422. The second kappa shape index (κ2) is 5.15. The van der Waals surface area contributed by atoms with Gasteiger partial charge in [-0.15, -0.1) is 0 Å². The Labute approximate surface area is 55.2 Å². The first-order valence-electron chi connectivity index (χ1n) is 2.82. The minimum absolute atomic E-state index is 0.611. The van der Waals surface area contributed by atoms with Crippen molar-refractivity contribution in [3.8, 4) is 0 Å². The van der Waals surface area contributed by atoms with Crippen LogP contribution in [0.3, 0.4) is 0 Å². The van der Waals surface area contributed by atoms with Crippen LogP contribution in [0.25, 0.3) is 0 Å². The molecule has 3 nitrogen and oxygen atoms in total. The van der Waals surface area contributed by atoms with E-state index in [-0.39, 0.29) is 0 Å². The lowest BCUT2D eigenvalue weighted by Gasteiger charge is -1.99. The van der Waals surface area contributed by atoms with Crippen molar-refractivity contribution in [2.24, 2.45) is 10.7 Å². The normalized spacial score (nSPS) is 12.4. The summed E-state index contributed by atoms with van der Waals surface area (Å²) in [6.45, 7) is 2.52. The molecule has 0 fully saturated rings. The molecule has 0 saturated heterocycles. The molecule has 0 aromatic carbocycles. The number of nitrogens with zero attached hydrogens (tertiary/aromatic N) is 1. The molecule has 0 bridgehead atoms. The molecule has 0 aromatic rings. The lowest BCUT2D eigenvalue weighted by Crippen LogP contribution is -1.96. The highest BCUT2D eigenvalue weighted by molar-refractivity contribution is 5.75. The van der Waals surface area contributed by atoms with E-state index in [0.29, 0.717) is 12.4 Å². The molecule has 52 valence electrons. The molecule has 2 N–H and O–H groups in total. The highest BCUT2D eigenvalue weighted by Gasteiger charge is 1.85. The van der Waals surface area contributed by atoms with Crippen LogP contribution >= 0.6 is 0 Å². The standard InChI is InChI=1S/C6H12N2O/c1-3-9-6(4-7)5-8-2/h4-5H,3,7H2,1-2H3. The highest BCUT2D eigenvalue weighted by atomic mass is 16.5. The first-order valence-corrected chi connectivity index (χ1v) is 2.82. The van der Waals surface area contributed by atoms with Gasteiger partial charge in [-0.05, 0) is 6.92 Å². The SMILES string of the molecule is CCOC(C=NC)=CN. The topological polar surface area (TPSA) is 47.6 Å². The maximum absolute atomic E-state index is 5.17. The zero-order valence-electron chi connectivity index (χ0n) is 5.79. The molecule has 3 heteroatoms. The van der Waals surface area contributed by atoms with Gasteiger partial charge in [-0.2, -0.15) is 0 Å². The molecular weight excluding hydrogens is 116 g/mol. The quantitative estimate of drug-likeness (QED) is 0.445. The summed E-state index contributed by atoms with van der Waals surface area (Å²) in [6, 6.07) is 0. The second-order valence-electron chi connectivity index (χ2n) is 1.39. The monoisotopic (exact) mass is 128 g/mol. The summed E-state index contributed by atoms with van der Waals surface area (Å²) in [5.74, 6) is 0.611. The van der Waals surface area contributed by atoms with Gasteiger partial charge in [-0.1, -0.05) is 0 Å². The first-order chi connectivity index (χ1) is 4.35. The Morgan fingerprint density at radius 2 is 2.44 bits per heavy atom. The van der Waals surface area contributed by atoms with Crippen molar-refractivity contribution in [2.45, 2.75) is 6.92 Å². The van der Waals surface area contributed by atoms with Crippen molar-refractivity contribution < 1.29 is 4.74 Å². The van der Waals surface area contributed by atoms with Crippen molar-refractivity contribution in [2.75, 3.05) is 13.7 Å². The van der Waals surface area contributed by atoms with Crippen LogP contribution in [0.15, 0.2) is 17.0 Å². The number of aliphatic imine (C=N–C) groups is 1. The molecular formula is C6H12N2O. The molecule has 0 amide bonds. The Balaban J connectivity index is 3.70. The van der Waals surface area contributed by atoms with E-state index in [4.69, 9.17) is 10.5 Å². The van der Waals surface area contributed by atoms with E-state index in [2.05, 4.69) is 4.99 Å². The van der Waals surface area contributed by atoms with Gasteiger partial charge in [0, 0.05) is 13.2 Å². The van der Waals surface area contributed by atoms with Crippen molar-refractivity contribution >= 4 is 6.21 Å². The minimum atomic E-state index is 0.611. The third kappa shape index (κ3) is 3.58. The first kappa shape index (κ1) is 8.01. The number of ether oxygens (including phenoxy) is 1. The van der Waals surface area contributed by atoms with Gasteiger partial charge in [-0.25, -0.2) is 0 Å². The van der Waals surface area contributed by atoms with Crippen LogP contribution in [-0.4, -0.2) is 19.9 Å². The van der Waals surface area contributed by atoms with Gasteiger partial charge in [0.15, 0.2) is 5.76 Å². The summed E-state index contributed by atoms with van der Waals surface area (Å²) >= 11 is 0. The average molecular weight is 128 g/mol. The zero-order valence-corrected chi connectivity index (χ0v) is 5.79. The van der Waals surface area contributed by atoms with Gasteiger partial charge in [0.1, 0.15) is 0 Å². The van der Waals surface area contributed by atoms with Crippen LogP contribution in [0.2, 0.25) is 0 Å². The Bertz CT molecular complexity index is 118. The summed E-state index contributed by atoms with van der Waals surface area (Å²) in [5.41, 5.74) is 5.17. The van der Waals surface area contributed by atoms with Crippen molar-refractivity contribution in [1.82, 2.24) is 0 Å². The highest BCUT2D eigenvalue weighted by Crippen LogP contribution is 1.88. The summed E-state index contributed by atoms with van der Waals surface area (Å²) in [5, 5.41) is 0. The molecule has 0 aliphatic heterocycles. The largest absolute Gasteiger partial charge is 0.491 e. The van der Waals surface area contributed by atoms with E-state index in [9.17, 15) is 0 Å². The van der Waals surface area contributed by atoms with Gasteiger partial charge >= 0.3 is 0 Å². The fourth-order valence-corrected chi connectivity index (χ4v) is 0.422. The molecule has 0 radical (unpaired) electrons. The lowest BCUT2D eigenvalue weighted by atomic mass is 10.6. The molecule has 0 aromatic heterocycles. The van der Waals surface area contributed by atoms with E-state index in [1.54, 1.807) is 13.3 Å². The third-order valence-corrected chi connectivity index (χ3v) is 0.732. The summed E-state index contributed by atoms with van der Waals surface area (Å²) in [6.07, 6.45) is 2.96. The van der Waals surface area contributed by atoms with Gasteiger partial charge in [0.25, 0.3) is 0 Å². The fraction of sp³-hybridized carbons (Fsp3) is 0.500. The van der Waals surface area contributed by atoms with Gasteiger partial charge in [0.05, 0.1) is 12.8 Å². The predicted octanol–water partition coefficient (Wildman–Crippen LogP) is 0.524. The molecule has 0 saturated carbocycles. The molecule has 0 unspecified atom stereocenters. The molecule has 0 rings (SSSR count).